The molecule has 7 heteroatoms. The number of hydrogen-bond acceptors (Lipinski definition) is 6. The molecule has 0 fully saturated rings. The van der Waals surface area contributed by atoms with Gasteiger partial charge in [-0.15, -0.1) is 0 Å². The second kappa shape index (κ2) is 14.0. The molecule has 0 aliphatic heterocycles. The molecule has 0 saturated carbocycles. The standard InChI is InChI=1S/C29H36ClNO4S/c1-29(2,3)35-20-31-28(17-22(33)15-16-32)26-14-13-25(18-27(26)30)36-24-11-9-23(10-12-24)34-19-21-7-5-4-6-8-21/h4-14,18,22,28,31-33H,15-17,19-20H2,1-3H3. The lowest BCUT2D eigenvalue weighted by molar-refractivity contribution is -0.0198. The lowest BCUT2D eigenvalue weighted by atomic mass is 9.99. The van der Waals surface area contributed by atoms with Crippen LogP contribution < -0.4 is 10.1 Å². The third-order valence-corrected chi connectivity index (χ3v) is 6.78. The predicted octanol–water partition coefficient (Wildman–Crippen LogP) is 6.61. The molecule has 3 aromatic carbocycles. The average molecular weight is 530 g/mol. The van der Waals surface area contributed by atoms with E-state index in [0.29, 0.717) is 31.2 Å². The van der Waals surface area contributed by atoms with Crippen molar-refractivity contribution in [2.45, 2.75) is 67.8 Å². The summed E-state index contributed by atoms with van der Waals surface area (Å²) in [6, 6.07) is 23.9. The highest BCUT2D eigenvalue weighted by molar-refractivity contribution is 7.99. The van der Waals surface area contributed by atoms with Crippen molar-refractivity contribution in [3.63, 3.8) is 0 Å². The van der Waals surface area contributed by atoms with Gasteiger partial charge in [0.1, 0.15) is 12.4 Å². The molecule has 2 unspecified atom stereocenters. The Bertz CT molecular complexity index is 1060. The maximum atomic E-state index is 10.3. The van der Waals surface area contributed by atoms with Gasteiger partial charge in [-0.1, -0.05) is 59.8 Å². The Morgan fingerprint density at radius 3 is 2.31 bits per heavy atom. The van der Waals surface area contributed by atoms with Gasteiger partial charge in [-0.25, -0.2) is 0 Å². The van der Waals surface area contributed by atoms with Gasteiger partial charge in [-0.3, -0.25) is 5.32 Å². The molecule has 0 aromatic heterocycles. The Morgan fingerprint density at radius 1 is 0.972 bits per heavy atom. The van der Waals surface area contributed by atoms with E-state index in [0.717, 1.165) is 26.7 Å². The topological polar surface area (TPSA) is 71.0 Å². The minimum absolute atomic E-state index is 0.0637. The van der Waals surface area contributed by atoms with Crippen LogP contribution in [0.25, 0.3) is 0 Å². The van der Waals surface area contributed by atoms with Crippen molar-refractivity contribution >= 4 is 23.4 Å². The number of nitrogens with one attached hydrogen (secondary N) is 1. The molecule has 36 heavy (non-hydrogen) atoms. The summed E-state index contributed by atoms with van der Waals surface area (Å²) >= 11 is 8.32. The second-order valence-electron chi connectivity index (χ2n) is 9.59. The number of halogens is 1. The van der Waals surface area contributed by atoms with Crippen LogP contribution in [0.3, 0.4) is 0 Å². The van der Waals surface area contributed by atoms with Crippen LogP contribution in [0.15, 0.2) is 82.6 Å². The molecule has 3 N–H and O–H groups in total. The molecular formula is C29H36ClNO4S. The summed E-state index contributed by atoms with van der Waals surface area (Å²) in [6.45, 7) is 6.77. The lowest BCUT2D eigenvalue weighted by Gasteiger charge is -2.26. The van der Waals surface area contributed by atoms with Gasteiger partial charge >= 0.3 is 0 Å². The lowest BCUT2D eigenvalue weighted by Crippen LogP contribution is -2.32. The highest BCUT2D eigenvalue weighted by atomic mass is 35.5. The first-order chi connectivity index (χ1) is 17.2. The van der Waals surface area contributed by atoms with Gasteiger partial charge in [0.2, 0.25) is 0 Å². The molecule has 0 bridgehead atoms. The van der Waals surface area contributed by atoms with Crippen LogP contribution in [0.4, 0.5) is 0 Å². The van der Waals surface area contributed by atoms with Crippen LogP contribution in [0, 0.1) is 0 Å². The fourth-order valence-electron chi connectivity index (χ4n) is 3.55. The molecule has 0 aliphatic rings. The van der Waals surface area contributed by atoms with Gasteiger partial charge in [-0.2, -0.15) is 0 Å². The van der Waals surface area contributed by atoms with Gasteiger partial charge in [0.05, 0.1) is 18.4 Å². The van der Waals surface area contributed by atoms with Crippen LogP contribution in [0.2, 0.25) is 5.02 Å². The third kappa shape index (κ3) is 9.77. The van der Waals surface area contributed by atoms with Gasteiger partial charge < -0.3 is 19.7 Å². The number of hydrogen-bond donors (Lipinski definition) is 3. The number of rotatable bonds is 13. The van der Waals surface area contributed by atoms with Crippen LogP contribution in [0.5, 0.6) is 5.75 Å². The van der Waals surface area contributed by atoms with Crippen LogP contribution in [0.1, 0.15) is 50.8 Å². The summed E-state index contributed by atoms with van der Waals surface area (Å²) in [5.41, 5.74) is 1.74. The first-order valence-corrected chi connectivity index (χ1v) is 13.3. The summed E-state index contributed by atoms with van der Waals surface area (Å²) < 4.78 is 11.7. The molecule has 194 valence electrons. The van der Waals surface area contributed by atoms with E-state index < -0.39 is 6.10 Å². The Hall–Kier alpha value is -2.06. The van der Waals surface area contributed by atoms with Gasteiger partial charge in [0, 0.05) is 27.5 Å². The maximum absolute atomic E-state index is 10.3. The van der Waals surface area contributed by atoms with E-state index in [1.165, 1.54) is 0 Å². The highest BCUT2D eigenvalue weighted by Gasteiger charge is 2.20. The van der Waals surface area contributed by atoms with Gasteiger partial charge in [-0.05, 0) is 81.1 Å². The minimum Gasteiger partial charge on any atom is -0.489 e. The molecule has 5 nitrogen and oxygen atoms in total. The maximum Gasteiger partial charge on any atom is 0.119 e. The fraction of sp³-hybridized carbons (Fsp3) is 0.379. The van der Waals surface area contributed by atoms with Crippen LogP contribution in [-0.2, 0) is 11.3 Å². The number of aliphatic hydroxyl groups is 2. The van der Waals surface area contributed by atoms with Crippen molar-refractivity contribution in [3.8, 4) is 5.75 Å². The Labute approximate surface area is 223 Å². The summed E-state index contributed by atoms with van der Waals surface area (Å²) in [6.07, 6.45) is 0.0921. The Kier molecular flexibility index (Phi) is 11.1. The van der Waals surface area contributed by atoms with Crippen LogP contribution >= 0.6 is 23.4 Å². The van der Waals surface area contributed by atoms with Crippen LogP contribution in [-0.4, -0.2) is 35.3 Å². The monoisotopic (exact) mass is 529 g/mol. The first kappa shape index (κ1) is 28.5. The van der Waals surface area contributed by atoms with Gasteiger partial charge in [0.15, 0.2) is 0 Å². The van der Waals surface area contributed by atoms with E-state index in [4.69, 9.17) is 21.1 Å². The molecule has 2 atom stereocenters. The molecule has 0 saturated heterocycles. The van der Waals surface area contributed by atoms with Gasteiger partial charge in [0.25, 0.3) is 0 Å². The number of benzene rings is 3. The average Bonchev–Trinajstić information content (AvgIpc) is 2.83. The van der Waals surface area contributed by atoms with Crippen molar-refractivity contribution in [1.82, 2.24) is 5.32 Å². The molecule has 3 rings (SSSR count). The number of aliphatic hydroxyl groups excluding tert-OH is 2. The quantitative estimate of drug-likeness (QED) is 0.216. The Morgan fingerprint density at radius 2 is 1.67 bits per heavy atom. The van der Waals surface area contributed by atoms with E-state index >= 15 is 0 Å². The SMILES string of the molecule is CC(C)(C)OCNC(CC(O)CCO)c1ccc(Sc2ccc(OCc3ccccc3)cc2)cc1Cl. The van der Waals surface area contributed by atoms with Crippen molar-refractivity contribution in [3.05, 3.63) is 88.9 Å². The molecular weight excluding hydrogens is 494 g/mol. The zero-order valence-corrected chi connectivity index (χ0v) is 22.7. The van der Waals surface area contributed by atoms with E-state index in [1.54, 1.807) is 11.8 Å². The molecule has 0 heterocycles. The third-order valence-electron chi connectivity index (χ3n) is 5.46. The first-order valence-electron chi connectivity index (χ1n) is 12.1. The molecule has 0 spiro atoms. The van der Waals surface area contributed by atoms with Crippen molar-refractivity contribution in [2.75, 3.05) is 13.3 Å². The van der Waals surface area contributed by atoms with Crippen molar-refractivity contribution in [1.29, 1.82) is 0 Å². The smallest absolute Gasteiger partial charge is 0.119 e. The second-order valence-corrected chi connectivity index (χ2v) is 11.1. The predicted molar refractivity (Wildman–Crippen MR) is 147 cm³/mol. The zero-order chi connectivity index (χ0) is 26.0. The summed E-state index contributed by atoms with van der Waals surface area (Å²) in [5.74, 6) is 0.824. The summed E-state index contributed by atoms with van der Waals surface area (Å²) in [4.78, 5) is 2.10. The van der Waals surface area contributed by atoms with E-state index in [-0.39, 0.29) is 18.2 Å². The number of ether oxygens (including phenoxy) is 2. The Balaban J connectivity index is 1.63. The van der Waals surface area contributed by atoms with E-state index in [9.17, 15) is 10.2 Å². The van der Waals surface area contributed by atoms with Crippen molar-refractivity contribution < 1.29 is 19.7 Å². The molecule has 0 radical (unpaired) electrons. The highest BCUT2D eigenvalue weighted by Crippen LogP contribution is 2.35. The zero-order valence-electron chi connectivity index (χ0n) is 21.1. The normalized spacial score (nSPS) is 13.4. The molecule has 0 amide bonds. The van der Waals surface area contributed by atoms with E-state index in [1.807, 2.05) is 93.6 Å². The van der Waals surface area contributed by atoms with Crippen molar-refractivity contribution in [2.24, 2.45) is 0 Å². The van der Waals surface area contributed by atoms with E-state index in [2.05, 4.69) is 5.32 Å². The molecule has 0 aliphatic carbocycles. The largest absolute Gasteiger partial charge is 0.489 e. The minimum atomic E-state index is -0.644. The molecule has 3 aromatic rings. The fourth-order valence-corrected chi connectivity index (χ4v) is 4.79. The summed E-state index contributed by atoms with van der Waals surface area (Å²) in [7, 11) is 0. The summed E-state index contributed by atoms with van der Waals surface area (Å²) in [5, 5.41) is 23.5.